The smallest absolute Gasteiger partial charge is 0.310 e. The third-order valence-electron chi connectivity index (χ3n) is 5.74. The van der Waals surface area contributed by atoms with Crippen LogP contribution < -0.4 is 10.2 Å². The van der Waals surface area contributed by atoms with Crippen molar-refractivity contribution in [3.8, 4) is 0 Å². The SMILES string of the molecule is CCOC(=O)C1CCCN(C(=NC)NCc2ccc(N3CCCCCC3)nc2)C1. The minimum absolute atomic E-state index is 0.0724. The number of ether oxygens (including phenoxy) is 1. The molecule has 2 fully saturated rings. The van der Waals surface area contributed by atoms with Gasteiger partial charge in [-0.05, 0) is 44.2 Å². The van der Waals surface area contributed by atoms with Gasteiger partial charge in [0, 0.05) is 46.0 Å². The first-order valence-corrected chi connectivity index (χ1v) is 11.0. The summed E-state index contributed by atoms with van der Waals surface area (Å²) >= 11 is 0. The molecule has 1 aromatic heterocycles. The molecule has 7 heteroatoms. The fourth-order valence-electron chi connectivity index (χ4n) is 4.14. The minimum Gasteiger partial charge on any atom is -0.466 e. The molecule has 2 aliphatic rings. The Bertz CT molecular complexity index is 668. The number of pyridine rings is 1. The Kier molecular flexibility index (Phi) is 8.14. The maximum Gasteiger partial charge on any atom is 0.310 e. The summed E-state index contributed by atoms with van der Waals surface area (Å²) in [6.45, 7) is 6.72. The Balaban J connectivity index is 1.53. The lowest BCUT2D eigenvalue weighted by Crippen LogP contribution is -2.48. The molecular weight excluding hydrogens is 366 g/mol. The number of carbonyl (C=O) groups excluding carboxylic acids is 1. The predicted molar refractivity (Wildman–Crippen MR) is 116 cm³/mol. The molecule has 1 N–H and O–H groups in total. The molecule has 0 saturated carbocycles. The standard InChI is InChI=1S/C22H35N5O2/c1-3-29-21(28)19-9-8-14-27(17-19)22(23-2)25-16-18-10-11-20(24-15-18)26-12-6-4-5-7-13-26/h10-11,15,19H,3-9,12-14,16-17H2,1-2H3,(H,23,25). The Morgan fingerprint density at radius 3 is 2.66 bits per heavy atom. The van der Waals surface area contributed by atoms with Crippen molar-refractivity contribution >= 4 is 17.7 Å². The van der Waals surface area contributed by atoms with Gasteiger partial charge in [-0.1, -0.05) is 18.9 Å². The lowest BCUT2D eigenvalue weighted by molar-refractivity contribution is -0.149. The molecular formula is C22H35N5O2. The maximum absolute atomic E-state index is 12.1. The minimum atomic E-state index is -0.0963. The number of esters is 1. The Morgan fingerprint density at radius 2 is 2.00 bits per heavy atom. The highest BCUT2D eigenvalue weighted by Gasteiger charge is 2.28. The number of hydrogen-bond donors (Lipinski definition) is 1. The molecule has 2 aliphatic heterocycles. The van der Waals surface area contributed by atoms with Gasteiger partial charge in [0.25, 0.3) is 0 Å². The fraction of sp³-hybridized carbons (Fsp3) is 0.682. The number of aromatic nitrogens is 1. The van der Waals surface area contributed by atoms with Gasteiger partial charge in [0.05, 0.1) is 12.5 Å². The van der Waals surface area contributed by atoms with Crippen molar-refractivity contribution in [3.63, 3.8) is 0 Å². The summed E-state index contributed by atoms with van der Waals surface area (Å²) < 4.78 is 5.20. The highest BCUT2D eigenvalue weighted by Crippen LogP contribution is 2.19. The second kappa shape index (κ2) is 11.0. The molecule has 1 aromatic rings. The van der Waals surface area contributed by atoms with Crippen LogP contribution in [0.4, 0.5) is 5.82 Å². The molecule has 160 valence electrons. The van der Waals surface area contributed by atoms with E-state index in [1.807, 2.05) is 13.1 Å². The summed E-state index contributed by atoms with van der Waals surface area (Å²) in [5.41, 5.74) is 1.13. The van der Waals surface area contributed by atoms with E-state index >= 15 is 0 Å². The molecule has 7 nitrogen and oxygen atoms in total. The van der Waals surface area contributed by atoms with Gasteiger partial charge < -0.3 is 19.9 Å². The van der Waals surface area contributed by atoms with Gasteiger partial charge in [-0.3, -0.25) is 9.79 Å². The lowest BCUT2D eigenvalue weighted by atomic mass is 9.98. The second-order valence-corrected chi connectivity index (χ2v) is 7.86. The van der Waals surface area contributed by atoms with Crippen LogP contribution in [0.25, 0.3) is 0 Å². The first kappa shape index (κ1) is 21.4. The molecule has 0 aromatic carbocycles. The molecule has 29 heavy (non-hydrogen) atoms. The molecule has 3 heterocycles. The molecule has 0 bridgehead atoms. The van der Waals surface area contributed by atoms with Crippen LogP contribution in [0.5, 0.6) is 0 Å². The van der Waals surface area contributed by atoms with Gasteiger partial charge in [-0.15, -0.1) is 0 Å². The van der Waals surface area contributed by atoms with Gasteiger partial charge >= 0.3 is 5.97 Å². The molecule has 0 spiro atoms. The van der Waals surface area contributed by atoms with E-state index in [2.05, 4.69) is 37.2 Å². The van der Waals surface area contributed by atoms with E-state index in [1.54, 1.807) is 7.05 Å². The van der Waals surface area contributed by atoms with Crippen LogP contribution in [0, 0.1) is 5.92 Å². The number of rotatable bonds is 5. The monoisotopic (exact) mass is 401 g/mol. The normalized spacial score (nSPS) is 20.9. The third-order valence-corrected chi connectivity index (χ3v) is 5.74. The first-order chi connectivity index (χ1) is 14.2. The summed E-state index contributed by atoms with van der Waals surface area (Å²) in [6.07, 6.45) is 8.97. The van der Waals surface area contributed by atoms with Crippen LogP contribution in [0.1, 0.15) is 51.0 Å². The predicted octanol–water partition coefficient (Wildman–Crippen LogP) is 2.81. The van der Waals surface area contributed by atoms with Crippen LogP contribution in [0.15, 0.2) is 23.3 Å². The first-order valence-electron chi connectivity index (χ1n) is 11.0. The zero-order valence-electron chi connectivity index (χ0n) is 17.9. The summed E-state index contributed by atoms with van der Waals surface area (Å²) in [4.78, 5) is 25.8. The van der Waals surface area contributed by atoms with Crippen molar-refractivity contribution in [1.29, 1.82) is 0 Å². The largest absolute Gasteiger partial charge is 0.466 e. The summed E-state index contributed by atoms with van der Waals surface area (Å²) in [5.74, 6) is 1.74. The van der Waals surface area contributed by atoms with E-state index in [0.29, 0.717) is 19.7 Å². The molecule has 0 radical (unpaired) electrons. The van der Waals surface area contributed by atoms with Gasteiger partial charge in [0.1, 0.15) is 5.82 Å². The fourth-order valence-corrected chi connectivity index (χ4v) is 4.14. The van der Waals surface area contributed by atoms with Crippen molar-refractivity contribution in [2.24, 2.45) is 10.9 Å². The average molecular weight is 402 g/mol. The van der Waals surface area contributed by atoms with Crippen molar-refractivity contribution in [1.82, 2.24) is 15.2 Å². The average Bonchev–Trinajstić information content (AvgIpc) is 3.05. The third kappa shape index (κ3) is 6.08. The van der Waals surface area contributed by atoms with Crippen molar-refractivity contribution in [3.05, 3.63) is 23.9 Å². The number of hydrogen-bond acceptors (Lipinski definition) is 5. The number of guanidine groups is 1. The number of carbonyl (C=O) groups is 1. The maximum atomic E-state index is 12.1. The van der Waals surface area contributed by atoms with Crippen LogP contribution >= 0.6 is 0 Å². The molecule has 1 atom stereocenters. The van der Waals surface area contributed by atoms with Crippen LogP contribution in [-0.2, 0) is 16.1 Å². The van der Waals surface area contributed by atoms with Crippen molar-refractivity contribution < 1.29 is 9.53 Å². The second-order valence-electron chi connectivity index (χ2n) is 7.86. The molecule has 2 saturated heterocycles. The number of aliphatic imine (C=N–C) groups is 1. The Morgan fingerprint density at radius 1 is 1.21 bits per heavy atom. The van der Waals surface area contributed by atoms with E-state index in [1.165, 1.54) is 25.7 Å². The quantitative estimate of drug-likeness (QED) is 0.465. The summed E-state index contributed by atoms with van der Waals surface area (Å²) in [7, 11) is 1.79. The highest BCUT2D eigenvalue weighted by molar-refractivity contribution is 5.81. The Hall–Kier alpha value is -2.31. The Labute approximate surface area is 174 Å². The molecule has 0 aliphatic carbocycles. The van der Waals surface area contributed by atoms with Gasteiger partial charge in [-0.25, -0.2) is 4.98 Å². The number of nitrogens with zero attached hydrogens (tertiary/aromatic N) is 4. The molecule has 0 amide bonds. The number of anilines is 1. The van der Waals surface area contributed by atoms with Gasteiger partial charge in [0.2, 0.25) is 0 Å². The van der Waals surface area contributed by atoms with Crippen LogP contribution in [0.2, 0.25) is 0 Å². The number of nitrogens with one attached hydrogen (secondary N) is 1. The van der Waals surface area contributed by atoms with Gasteiger partial charge in [-0.2, -0.15) is 0 Å². The number of likely N-dealkylation sites (tertiary alicyclic amines) is 1. The highest BCUT2D eigenvalue weighted by atomic mass is 16.5. The van der Waals surface area contributed by atoms with Crippen molar-refractivity contribution in [2.45, 2.75) is 52.0 Å². The zero-order chi connectivity index (χ0) is 20.5. The van der Waals surface area contributed by atoms with E-state index in [0.717, 1.165) is 49.8 Å². The van der Waals surface area contributed by atoms with E-state index in [-0.39, 0.29) is 11.9 Å². The summed E-state index contributed by atoms with van der Waals surface area (Å²) in [5, 5.41) is 3.43. The summed E-state index contributed by atoms with van der Waals surface area (Å²) in [6, 6.07) is 4.27. The molecule has 1 unspecified atom stereocenters. The molecule has 3 rings (SSSR count). The topological polar surface area (TPSA) is 70.1 Å². The van der Waals surface area contributed by atoms with Gasteiger partial charge in [0.15, 0.2) is 5.96 Å². The lowest BCUT2D eigenvalue weighted by Gasteiger charge is -2.34. The van der Waals surface area contributed by atoms with E-state index < -0.39 is 0 Å². The van der Waals surface area contributed by atoms with Crippen LogP contribution in [-0.4, -0.2) is 61.6 Å². The van der Waals surface area contributed by atoms with E-state index in [9.17, 15) is 4.79 Å². The zero-order valence-corrected chi connectivity index (χ0v) is 17.9. The number of piperidine rings is 1. The van der Waals surface area contributed by atoms with Crippen molar-refractivity contribution in [2.75, 3.05) is 44.7 Å². The van der Waals surface area contributed by atoms with Crippen LogP contribution in [0.3, 0.4) is 0 Å². The van der Waals surface area contributed by atoms with E-state index in [4.69, 9.17) is 4.74 Å².